The van der Waals surface area contributed by atoms with Crippen LogP contribution in [0.3, 0.4) is 0 Å². The maximum atomic E-state index is 15.0. The topological polar surface area (TPSA) is 134 Å². The number of fused-ring (bicyclic) bond motifs is 5. The van der Waals surface area contributed by atoms with E-state index in [9.17, 15) is 9.59 Å². The molecule has 0 radical (unpaired) electrons. The van der Waals surface area contributed by atoms with Gasteiger partial charge in [-0.3, -0.25) is 19.0 Å². The number of rotatable bonds is 4. The molecule has 1 saturated heterocycles. The highest BCUT2D eigenvalue weighted by Gasteiger charge is 2.47. The van der Waals surface area contributed by atoms with Gasteiger partial charge in [0, 0.05) is 56.1 Å². The SMILES string of the molecule is COc1nn(C)cc1C(=O)NS1(=O)=NC(=O)c2ccc3c(c2)N(C[C@@H]2CC[C@H]2[C@@H](OC)C[C@@H]2[C@H](OC[C@H]2C)[C@H](C)C1)C[C@@]1(CCCc2cc(Cl)ccc21)CO3. The van der Waals surface area contributed by atoms with Crippen LogP contribution in [0.15, 0.2) is 47.0 Å². The number of carbonyl (C=O) groups excluding carboxylic acids is 2. The Morgan fingerprint density at radius 2 is 1.95 bits per heavy atom. The molecule has 8 rings (SSSR count). The number of ether oxygens (including phenoxy) is 4. The Hall–Kier alpha value is -3.65. The number of methoxy groups -OCH3 is 2. The number of nitrogens with zero attached hydrogens (tertiary/aromatic N) is 4. The molecular formula is C41H52ClN5O7S. The van der Waals surface area contributed by atoms with Crippen molar-refractivity contribution < 1.29 is 32.7 Å². The van der Waals surface area contributed by atoms with Gasteiger partial charge in [0.15, 0.2) is 0 Å². The van der Waals surface area contributed by atoms with Crippen molar-refractivity contribution in [3.63, 3.8) is 0 Å². The molecule has 9 atom stereocenters. The van der Waals surface area contributed by atoms with Crippen LogP contribution in [0.2, 0.25) is 5.02 Å². The van der Waals surface area contributed by atoms with Gasteiger partial charge in [0.1, 0.15) is 21.2 Å². The third kappa shape index (κ3) is 7.26. The van der Waals surface area contributed by atoms with E-state index in [-0.39, 0.29) is 58.1 Å². The molecule has 3 aromatic rings. The molecule has 3 aliphatic heterocycles. The third-order valence-electron chi connectivity index (χ3n) is 13.0. The summed E-state index contributed by atoms with van der Waals surface area (Å²) >= 11 is 6.49. The number of hydrogen-bond donors (Lipinski definition) is 1. The highest BCUT2D eigenvalue weighted by atomic mass is 35.5. The molecule has 2 bridgehead atoms. The van der Waals surface area contributed by atoms with Crippen LogP contribution in [0.5, 0.6) is 11.6 Å². The van der Waals surface area contributed by atoms with Gasteiger partial charge in [0.25, 0.3) is 11.8 Å². The fourth-order valence-electron chi connectivity index (χ4n) is 10.1. The summed E-state index contributed by atoms with van der Waals surface area (Å²) in [7, 11) is 1.19. The first kappa shape index (κ1) is 38.2. The van der Waals surface area contributed by atoms with E-state index in [4.69, 9.17) is 30.5 Å². The number of nitrogens with one attached hydrogen (secondary N) is 1. The minimum Gasteiger partial charge on any atom is -0.490 e. The highest BCUT2D eigenvalue weighted by molar-refractivity contribution is 7.92. The molecule has 1 N–H and O–H groups in total. The van der Waals surface area contributed by atoms with Crippen LogP contribution < -0.4 is 19.1 Å². The van der Waals surface area contributed by atoms with Crippen molar-refractivity contribution in [2.75, 3.05) is 51.2 Å². The Morgan fingerprint density at radius 1 is 1.11 bits per heavy atom. The van der Waals surface area contributed by atoms with E-state index in [0.717, 1.165) is 55.8 Å². The zero-order valence-corrected chi connectivity index (χ0v) is 33.9. The summed E-state index contributed by atoms with van der Waals surface area (Å²) in [5.41, 5.74) is 3.42. The van der Waals surface area contributed by atoms with Crippen molar-refractivity contribution in [3.8, 4) is 11.6 Å². The summed E-state index contributed by atoms with van der Waals surface area (Å²) in [4.78, 5) is 30.4. The second kappa shape index (κ2) is 15.0. The van der Waals surface area contributed by atoms with E-state index < -0.39 is 21.7 Å². The molecule has 1 saturated carbocycles. The molecule has 1 spiro atoms. The minimum absolute atomic E-state index is 0.0180. The van der Waals surface area contributed by atoms with E-state index in [0.29, 0.717) is 37.3 Å². The van der Waals surface area contributed by atoms with Gasteiger partial charge in [0.05, 0.1) is 37.4 Å². The lowest BCUT2D eigenvalue weighted by Gasteiger charge is -2.47. The first-order valence-electron chi connectivity index (χ1n) is 19.5. The number of aryl methyl sites for hydroxylation is 2. The average molecular weight is 794 g/mol. The largest absolute Gasteiger partial charge is 0.490 e. The van der Waals surface area contributed by atoms with Crippen LogP contribution >= 0.6 is 11.6 Å². The lowest BCUT2D eigenvalue weighted by molar-refractivity contribution is -0.0419. The summed E-state index contributed by atoms with van der Waals surface area (Å²) in [6.07, 6.45) is 7.16. The summed E-state index contributed by atoms with van der Waals surface area (Å²) in [6.45, 7) is 6.70. The van der Waals surface area contributed by atoms with Gasteiger partial charge >= 0.3 is 0 Å². The standard InChI is InChI=1S/C41H52ClN5O7S/c1-24-20-53-37-25(2)21-55(50,45-39(49)32-19-46(3)43-40(32)52-5)44-38(48)27-9-13-35-34(16-27)47(18-28-8-11-30(28)36(51-4)17-31(24)37)22-41(23-54-35)14-6-7-26-15-29(42)10-12-33(26)41/h9-10,12-13,15-16,19,24-25,28,30-31,36-37H,6-8,11,14,17-18,20-23H2,1-5H3,(H,44,45,48,49,50)/t24-,25-,28+,30-,31+,36+,37-,41+,55?/m1/s1. The Bertz CT molecular complexity index is 2100. The molecule has 1 unspecified atom stereocenters. The van der Waals surface area contributed by atoms with Crippen LogP contribution in [0, 0.1) is 29.6 Å². The maximum absolute atomic E-state index is 15.0. The van der Waals surface area contributed by atoms with Crippen molar-refractivity contribution >= 4 is 39.0 Å². The number of carbonyl (C=O) groups is 2. The molecule has 1 aromatic heterocycles. The van der Waals surface area contributed by atoms with Gasteiger partial charge in [-0.25, -0.2) is 4.21 Å². The predicted molar refractivity (Wildman–Crippen MR) is 210 cm³/mol. The van der Waals surface area contributed by atoms with Crippen molar-refractivity contribution in [3.05, 3.63) is 69.9 Å². The molecule has 296 valence electrons. The van der Waals surface area contributed by atoms with Crippen LogP contribution in [0.1, 0.15) is 77.8 Å². The fourth-order valence-corrected chi connectivity index (χ4v) is 12.1. The van der Waals surface area contributed by atoms with Crippen LogP contribution in [-0.4, -0.2) is 84.3 Å². The number of amides is 2. The maximum Gasteiger partial charge on any atom is 0.286 e. The fraction of sp³-hybridized carbons (Fsp3) is 0.585. The molecule has 14 heteroatoms. The first-order chi connectivity index (χ1) is 26.4. The zero-order chi connectivity index (χ0) is 38.6. The van der Waals surface area contributed by atoms with E-state index >= 15 is 4.21 Å². The van der Waals surface area contributed by atoms with Gasteiger partial charge in [0.2, 0.25) is 5.88 Å². The zero-order valence-electron chi connectivity index (χ0n) is 32.3. The van der Waals surface area contributed by atoms with Gasteiger partial charge in [-0.2, -0.15) is 0 Å². The van der Waals surface area contributed by atoms with Gasteiger partial charge in [-0.1, -0.05) is 31.5 Å². The van der Waals surface area contributed by atoms with Crippen molar-refractivity contribution in [1.29, 1.82) is 0 Å². The Balaban J connectivity index is 1.23. The summed E-state index contributed by atoms with van der Waals surface area (Å²) in [5.74, 6) is 0.109. The molecule has 2 fully saturated rings. The smallest absolute Gasteiger partial charge is 0.286 e. The molecule has 5 aliphatic rings. The van der Waals surface area contributed by atoms with Crippen molar-refractivity contribution in [2.24, 2.45) is 41.0 Å². The van der Waals surface area contributed by atoms with Crippen LogP contribution in [0.25, 0.3) is 0 Å². The molecule has 2 aromatic carbocycles. The summed E-state index contributed by atoms with van der Waals surface area (Å²) in [5, 5.41) is 4.92. The van der Waals surface area contributed by atoms with Gasteiger partial charge in [-0.05, 0) is 110 Å². The number of benzene rings is 2. The molecule has 2 aliphatic carbocycles. The molecule has 12 nitrogen and oxygen atoms in total. The minimum atomic E-state index is -3.70. The summed E-state index contributed by atoms with van der Waals surface area (Å²) in [6, 6.07) is 11.6. The van der Waals surface area contributed by atoms with Gasteiger partial charge < -0.3 is 23.8 Å². The second-order valence-corrected chi connectivity index (χ2v) is 19.0. The Morgan fingerprint density at radius 3 is 2.71 bits per heavy atom. The van der Waals surface area contributed by atoms with E-state index in [1.807, 2.05) is 32.2 Å². The highest BCUT2D eigenvalue weighted by Crippen LogP contribution is 2.48. The number of anilines is 1. The third-order valence-corrected chi connectivity index (χ3v) is 15.1. The second-order valence-electron chi connectivity index (χ2n) is 16.6. The number of hydrogen-bond acceptors (Lipinski definition) is 9. The molecule has 4 heterocycles. The molecule has 2 amide bonds. The van der Waals surface area contributed by atoms with Gasteiger partial charge in [-0.15, -0.1) is 9.46 Å². The average Bonchev–Trinajstić information content (AvgIpc) is 3.67. The van der Waals surface area contributed by atoms with Crippen molar-refractivity contribution in [2.45, 2.75) is 70.0 Å². The normalized spacial score (nSPS) is 33.2. The van der Waals surface area contributed by atoms with E-state index in [1.54, 1.807) is 13.1 Å². The summed E-state index contributed by atoms with van der Waals surface area (Å²) < 4.78 is 48.3. The number of halogens is 1. The Labute approximate surface area is 328 Å². The quantitative estimate of drug-likeness (QED) is 0.326. The van der Waals surface area contributed by atoms with Crippen LogP contribution in [0.4, 0.5) is 5.69 Å². The van der Waals surface area contributed by atoms with E-state index in [2.05, 4.69) is 38.1 Å². The predicted octanol–water partition coefficient (Wildman–Crippen LogP) is 6.24. The molecular weight excluding hydrogens is 742 g/mol. The molecule has 55 heavy (non-hydrogen) atoms. The monoisotopic (exact) mass is 793 g/mol. The number of aromatic nitrogens is 2. The lowest BCUT2D eigenvalue weighted by Crippen LogP contribution is -2.50. The first-order valence-corrected chi connectivity index (χ1v) is 21.6. The Kier molecular flexibility index (Phi) is 10.4. The lowest BCUT2D eigenvalue weighted by atomic mass is 9.67. The van der Waals surface area contributed by atoms with Crippen molar-refractivity contribution in [1.82, 2.24) is 14.5 Å². The van der Waals surface area contributed by atoms with Crippen LogP contribution in [-0.2, 0) is 38.3 Å². The van der Waals surface area contributed by atoms with E-state index in [1.165, 1.54) is 29.1 Å².